The Morgan fingerprint density at radius 1 is 1.21 bits per heavy atom. The van der Waals surface area contributed by atoms with Gasteiger partial charge in [-0.2, -0.15) is 0 Å². The zero-order valence-corrected chi connectivity index (χ0v) is 15.7. The van der Waals surface area contributed by atoms with Crippen LogP contribution in [0.1, 0.15) is 56.8 Å². The number of carbonyl (C=O) groups is 1. The molecule has 0 N–H and O–H groups in total. The second-order valence-corrected chi connectivity index (χ2v) is 7.40. The zero-order valence-electron chi connectivity index (χ0n) is 15.7. The van der Waals surface area contributed by atoms with Gasteiger partial charge in [0, 0.05) is 18.7 Å². The molecule has 0 atom stereocenters. The molecule has 24 heavy (non-hydrogen) atoms. The van der Waals surface area contributed by atoms with Crippen molar-refractivity contribution in [2.45, 2.75) is 52.5 Å². The summed E-state index contributed by atoms with van der Waals surface area (Å²) in [4.78, 5) is 14.7. The highest BCUT2D eigenvalue weighted by atomic mass is 16.5. The predicted molar refractivity (Wildman–Crippen MR) is 96.8 cm³/mol. The van der Waals surface area contributed by atoms with E-state index in [0.717, 1.165) is 18.8 Å². The van der Waals surface area contributed by atoms with Crippen molar-refractivity contribution in [1.82, 2.24) is 4.90 Å². The lowest BCUT2D eigenvalue weighted by atomic mass is 9.86. The van der Waals surface area contributed by atoms with Crippen LogP contribution in [0.25, 0.3) is 0 Å². The van der Waals surface area contributed by atoms with Crippen molar-refractivity contribution in [3.05, 3.63) is 23.8 Å². The summed E-state index contributed by atoms with van der Waals surface area (Å²) >= 11 is 0. The summed E-state index contributed by atoms with van der Waals surface area (Å²) in [6, 6.07) is 5.81. The molecule has 0 unspecified atom stereocenters. The summed E-state index contributed by atoms with van der Waals surface area (Å²) in [6.07, 6.45) is 4.59. The van der Waals surface area contributed by atoms with Crippen molar-refractivity contribution in [2.24, 2.45) is 11.8 Å². The fourth-order valence-corrected chi connectivity index (χ4v) is 3.18. The molecule has 2 rings (SSSR count). The molecule has 0 aliphatic heterocycles. The molecular formula is C20H31NO3. The van der Waals surface area contributed by atoms with E-state index in [-0.39, 0.29) is 5.91 Å². The third-order valence-electron chi connectivity index (χ3n) is 4.84. The average Bonchev–Trinajstić information content (AvgIpc) is 2.59. The highest BCUT2D eigenvalue weighted by molar-refractivity contribution is 5.95. The second kappa shape index (κ2) is 8.41. The number of amides is 1. The lowest BCUT2D eigenvalue weighted by Gasteiger charge is -2.33. The third-order valence-corrected chi connectivity index (χ3v) is 4.84. The number of rotatable bonds is 6. The van der Waals surface area contributed by atoms with Gasteiger partial charge in [0.25, 0.3) is 5.91 Å². The van der Waals surface area contributed by atoms with Crippen molar-refractivity contribution in [2.75, 3.05) is 20.8 Å². The van der Waals surface area contributed by atoms with Gasteiger partial charge in [-0.15, -0.1) is 0 Å². The summed E-state index contributed by atoms with van der Waals surface area (Å²) < 4.78 is 11.2. The van der Waals surface area contributed by atoms with Crippen molar-refractivity contribution in [3.8, 4) is 11.5 Å². The number of nitrogens with zero attached hydrogens (tertiary/aromatic N) is 1. The topological polar surface area (TPSA) is 38.8 Å². The van der Waals surface area contributed by atoms with E-state index in [0.29, 0.717) is 35.6 Å². The molecular weight excluding hydrogens is 302 g/mol. The number of ether oxygens (including phenoxy) is 2. The first-order valence-corrected chi connectivity index (χ1v) is 9.00. The minimum atomic E-state index is 0.0586. The quantitative estimate of drug-likeness (QED) is 0.775. The normalized spacial score (nSPS) is 20.8. The number of methoxy groups -OCH3 is 1. The number of carbonyl (C=O) groups excluding carboxylic acids is 1. The molecule has 1 aromatic carbocycles. The van der Waals surface area contributed by atoms with E-state index in [9.17, 15) is 4.79 Å². The molecule has 1 amide bonds. The SMILES string of the molecule is COc1cc(C(=O)N(C)C2CCC(C)CC2)ccc1OCC(C)C. The summed E-state index contributed by atoms with van der Waals surface area (Å²) in [5, 5.41) is 0. The van der Waals surface area contributed by atoms with Crippen molar-refractivity contribution in [3.63, 3.8) is 0 Å². The molecule has 4 nitrogen and oxygen atoms in total. The first-order valence-electron chi connectivity index (χ1n) is 9.00. The summed E-state index contributed by atoms with van der Waals surface area (Å²) in [7, 11) is 3.52. The molecule has 0 heterocycles. The summed E-state index contributed by atoms with van der Waals surface area (Å²) in [5.74, 6) is 2.59. The monoisotopic (exact) mass is 333 g/mol. The largest absolute Gasteiger partial charge is 0.493 e. The van der Waals surface area contributed by atoms with Crippen LogP contribution in [0, 0.1) is 11.8 Å². The molecule has 1 aliphatic rings. The Kier molecular flexibility index (Phi) is 6.52. The molecule has 0 spiro atoms. The number of hydrogen-bond donors (Lipinski definition) is 0. The number of hydrogen-bond acceptors (Lipinski definition) is 3. The Morgan fingerprint density at radius 3 is 2.46 bits per heavy atom. The van der Waals surface area contributed by atoms with Gasteiger partial charge in [0.05, 0.1) is 13.7 Å². The molecule has 134 valence electrons. The molecule has 0 aromatic heterocycles. The average molecular weight is 333 g/mol. The van der Waals surface area contributed by atoms with Gasteiger partial charge in [0.1, 0.15) is 0 Å². The minimum absolute atomic E-state index is 0.0586. The third kappa shape index (κ3) is 4.65. The van der Waals surface area contributed by atoms with Crippen LogP contribution < -0.4 is 9.47 Å². The highest BCUT2D eigenvalue weighted by Gasteiger charge is 2.26. The van der Waals surface area contributed by atoms with E-state index in [1.165, 1.54) is 12.8 Å². The Morgan fingerprint density at radius 2 is 1.88 bits per heavy atom. The lowest BCUT2D eigenvalue weighted by Crippen LogP contribution is -2.39. The van der Waals surface area contributed by atoms with Crippen LogP contribution in [0.3, 0.4) is 0 Å². The van der Waals surface area contributed by atoms with Crippen molar-refractivity contribution in [1.29, 1.82) is 0 Å². The van der Waals surface area contributed by atoms with Crippen LogP contribution in [0.15, 0.2) is 18.2 Å². The van der Waals surface area contributed by atoms with Gasteiger partial charge in [-0.1, -0.05) is 20.8 Å². The molecule has 1 saturated carbocycles. The molecule has 0 radical (unpaired) electrons. The fraction of sp³-hybridized carbons (Fsp3) is 0.650. The van der Waals surface area contributed by atoms with Crippen LogP contribution in [0.4, 0.5) is 0 Å². The minimum Gasteiger partial charge on any atom is -0.493 e. The van der Waals surface area contributed by atoms with Crippen LogP contribution >= 0.6 is 0 Å². The van der Waals surface area contributed by atoms with Crippen LogP contribution in [0.2, 0.25) is 0 Å². The molecule has 4 heteroatoms. The zero-order chi connectivity index (χ0) is 17.7. The summed E-state index contributed by atoms with van der Waals surface area (Å²) in [5.41, 5.74) is 0.657. The Bertz CT molecular complexity index is 548. The Balaban J connectivity index is 2.08. The predicted octanol–water partition coefficient (Wildman–Crippen LogP) is 4.38. The molecule has 1 aromatic rings. The van der Waals surface area contributed by atoms with Crippen molar-refractivity contribution >= 4 is 5.91 Å². The molecule has 0 saturated heterocycles. The maximum atomic E-state index is 12.8. The van der Waals surface area contributed by atoms with E-state index in [1.54, 1.807) is 13.2 Å². The van der Waals surface area contributed by atoms with Gasteiger partial charge in [-0.25, -0.2) is 0 Å². The van der Waals surface area contributed by atoms with Gasteiger partial charge in [0.15, 0.2) is 11.5 Å². The van der Waals surface area contributed by atoms with Gasteiger partial charge >= 0.3 is 0 Å². The van der Waals surface area contributed by atoms with Gasteiger partial charge in [0.2, 0.25) is 0 Å². The van der Waals surface area contributed by atoms with Crippen molar-refractivity contribution < 1.29 is 14.3 Å². The Labute approximate surface area is 146 Å². The van der Waals surface area contributed by atoms with E-state index in [2.05, 4.69) is 20.8 Å². The van der Waals surface area contributed by atoms with E-state index in [1.807, 2.05) is 24.1 Å². The van der Waals surface area contributed by atoms with Crippen LogP contribution in [-0.4, -0.2) is 37.6 Å². The van der Waals surface area contributed by atoms with Gasteiger partial charge in [-0.05, 0) is 55.7 Å². The molecule has 1 fully saturated rings. The van der Waals surface area contributed by atoms with Crippen LogP contribution in [-0.2, 0) is 0 Å². The van der Waals surface area contributed by atoms with E-state index in [4.69, 9.17) is 9.47 Å². The standard InChI is InChI=1S/C20H31NO3/c1-14(2)13-24-18-11-8-16(12-19(18)23-5)20(22)21(4)17-9-6-15(3)7-10-17/h8,11-12,14-15,17H,6-7,9-10,13H2,1-5H3. The van der Waals surface area contributed by atoms with E-state index >= 15 is 0 Å². The summed E-state index contributed by atoms with van der Waals surface area (Å²) in [6.45, 7) is 7.12. The molecule has 0 bridgehead atoms. The maximum absolute atomic E-state index is 12.8. The molecule has 1 aliphatic carbocycles. The first kappa shape index (κ1) is 18.6. The fourth-order valence-electron chi connectivity index (χ4n) is 3.18. The highest BCUT2D eigenvalue weighted by Crippen LogP contribution is 2.31. The van der Waals surface area contributed by atoms with Crippen LogP contribution in [0.5, 0.6) is 11.5 Å². The van der Waals surface area contributed by atoms with Gasteiger partial charge < -0.3 is 14.4 Å². The van der Waals surface area contributed by atoms with Gasteiger partial charge in [-0.3, -0.25) is 4.79 Å². The second-order valence-electron chi connectivity index (χ2n) is 7.40. The first-order chi connectivity index (χ1) is 11.4. The van der Waals surface area contributed by atoms with E-state index < -0.39 is 0 Å². The smallest absolute Gasteiger partial charge is 0.253 e. The Hall–Kier alpha value is -1.71. The maximum Gasteiger partial charge on any atom is 0.253 e. The lowest BCUT2D eigenvalue weighted by molar-refractivity contribution is 0.0679. The number of benzene rings is 1.